The highest BCUT2D eigenvalue weighted by molar-refractivity contribution is 5.89. The fourth-order valence-corrected chi connectivity index (χ4v) is 1.12. The van der Waals surface area contributed by atoms with Gasteiger partial charge in [0.2, 0.25) is 0 Å². The molecule has 0 N–H and O–H groups in total. The lowest BCUT2D eigenvalue weighted by Gasteiger charge is -2.00. The second kappa shape index (κ2) is 6.62. The Labute approximate surface area is 96.2 Å². The van der Waals surface area contributed by atoms with Crippen molar-refractivity contribution in [3.8, 4) is 0 Å². The number of carbonyl (C=O) groups excluding carboxylic acids is 1. The third-order valence-electron chi connectivity index (χ3n) is 2.19. The molecule has 16 heavy (non-hydrogen) atoms. The zero-order valence-corrected chi connectivity index (χ0v) is 9.43. The minimum atomic E-state index is -0.330. The fraction of sp³-hybridized carbons (Fsp3) is 0.214. The van der Waals surface area contributed by atoms with Gasteiger partial charge < -0.3 is 4.74 Å². The molecule has 2 heteroatoms. The van der Waals surface area contributed by atoms with Crippen molar-refractivity contribution >= 4 is 5.97 Å². The number of allylic oxidation sites excluding steroid dienone is 2. The SMILES string of the molecule is C=CC(C)CC=COC(=O)c1ccccc1. The van der Waals surface area contributed by atoms with Crippen LogP contribution < -0.4 is 0 Å². The summed E-state index contributed by atoms with van der Waals surface area (Å²) in [6, 6.07) is 8.92. The first-order valence-electron chi connectivity index (χ1n) is 5.27. The Balaban J connectivity index is 2.39. The molecule has 0 amide bonds. The van der Waals surface area contributed by atoms with Crippen molar-refractivity contribution in [1.29, 1.82) is 0 Å². The van der Waals surface area contributed by atoms with Gasteiger partial charge in [-0.15, -0.1) is 6.58 Å². The van der Waals surface area contributed by atoms with E-state index in [0.29, 0.717) is 11.5 Å². The monoisotopic (exact) mass is 216 g/mol. The zero-order valence-electron chi connectivity index (χ0n) is 9.43. The van der Waals surface area contributed by atoms with Gasteiger partial charge in [0, 0.05) is 0 Å². The summed E-state index contributed by atoms with van der Waals surface area (Å²) in [5, 5.41) is 0. The standard InChI is InChI=1S/C14H16O2/c1-3-12(2)8-7-11-16-14(15)13-9-5-4-6-10-13/h3-7,9-12H,1,8H2,2H3. The maximum atomic E-state index is 11.5. The normalized spacial score (nSPS) is 12.3. The van der Waals surface area contributed by atoms with E-state index in [0.717, 1.165) is 6.42 Å². The van der Waals surface area contributed by atoms with E-state index < -0.39 is 0 Å². The highest BCUT2D eigenvalue weighted by atomic mass is 16.5. The summed E-state index contributed by atoms with van der Waals surface area (Å²) >= 11 is 0. The van der Waals surface area contributed by atoms with Crippen molar-refractivity contribution in [1.82, 2.24) is 0 Å². The van der Waals surface area contributed by atoms with Crippen LogP contribution in [0.2, 0.25) is 0 Å². The van der Waals surface area contributed by atoms with Crippen LogP contribution in [0.15, 0.2) is 55.3 Å². The molecule has 0 saturated carbocycles. The first kappa shape index (κ1) is 12.2. The van der Waals surface area contributed by atoms with E-state index in [-0.39, 0.29) is 5.97 Å². The van der Waals surface area contributed by atoms with E-state index in [9.17, 15) is 4.79 Å². The van der Waals surface area contributed by atoms with Crippen molar-refractivity contribution < 1.29 is 9.53 Å². The van der Waals surface area contributed by atoms with E-state index in [1.54, 1.807) is 24.3 Å². The zero-order chi connectivity index (χ0) is 11.8. The number of esters is 1. The first-order chi connectivity index (χ1) is 7.74. The number of benzene rings is 1. The Morgan fingerprint density at radius 1 is 1.44 bits per heavy atom. The summed E-state index contributed by atoms with van der Waals surface area (Å²) in [5.41, 5.74) is 0.559. The molecule has 0 spiro atoms. The van der Waals surface area contributed by atoms with E-state index >= 15 is 0 Å². The number of hydrogen-bond acceptors (Lipinski definition) is 2. The van der Waals surface area contributed by atoms with Gasteiger partial charge in [-0.1, -0.05) is 31.2 Å². The highest BCUT2D eigenvalue weighted by Gasteiger charge is 2.02. The second-order valence-electron chi connectivity index (χ2n) is 3.59. The van der Waals surface area contributed by atoms with Gasteiger partial charge >= 0.3 is 5.97 Å². The molecule has 0 aliphatic rings. The minimum absolute atomic E-state index is 0.330. The lowest BCUT2D eigenvalue weighted by atomic mass is 10.1. The van der Waals surface area contributed by atoms with Crippen molar-refractivity contribution in [2.45, 2.75) is 13.3 Å². The van der Waals surface area contributed by atoms with Gasteiger partial charge in [-0.25, -0.2) is 4.79 Å². The molecule has 1 rings (SSSR count). The third kappa shape index (κ3) is 4.13. The Morgan fingerprint density at radius 2 is 2.12 bits per heavy atom. The molecular formula is C14H16O2. The molecule has 1 unspecified atom stereocenters. The summed E-state index contributed by atoms with van der Waals surface area (Å²) in [5.74, 6) is 0.0646. The fourth-order valence-electron chi connectivity index (χ4n) is 1.12. The average Bonchev–Trinajstić information content (AvgIpc) is 2.35. The van der Waals surface area contributed by atoms with Crippen molar-refractivity contribution in [2.24, 2.45) is 5.92 Å². The Bertz CT molecular complexity index is 366. The summed E-state index contributed by atoms with van der Waals surface area (Å²) in [6.07, 6.45) is 5.96. The maximum Gasteiger partial charge on any atom is 0.342 e. The molecule has 1 aromatic rings. The number of ether oxygens (including phenoxy) is 1. The molecule has 84 valence electrons. The van der Waals surface area contributed by atoms with Crippen LogP contribution in [0.25, 0.3) is 0 Å². The molecule has 0 heterocycles. The first-order valence-corrected chi connectivity index (χ1v) is 5.27. The number of carbonyl (C=O) groups is 1. The van der Waals surface area contributed by atoms with Crippen molar-refractivity contribution in [2.75, 3.05) is 0 Å². The highest BCUT2D eigenvalue weighted by Crippen LogP contribution is 2.04. The quantitative estimate of drug-likeness (QED) is 0.427. The maximum absolute atomic E-state index is 11.5. The van der Waals surface area contributed by atoms with Gasteiger partial charge in [0.1, 0.15) is 0 Å². The third-order valence-corrected chi connectivity index (χ3v) is 2.19. The van der Waals surface area contributed by atoms with Crippen LogP contribution in [0.3, 0.4) is 0 Å². The molecule has 2 nitrogen and oxygen atoms in total. The molecule has 0 radical (unpaired) electrons. The largest absolute Gasteiger partial charge is 0.431 e. The van der Waals surface area contributed by atoms with Crippen LogP contribution in [0.1, 0.15) is 23.7 Å². The smallest absolute Gasteiger partial charge is 0.342 e. The lowest BCUT2D eigenvalue weighted by Crippen LogP contribution is -1.99. The average molecular weight is 216 g/mol. The van der Waals surface area contributed by atoms with E-state index in [1.165, 1.54) is 6.26 Å². The number of rotatable bonds is 5. The molecule has 0 bridgehead atoms. The molecule has 0 aliphatic carbocycles. The van der Waals surface area contributed by atoms with Crippen LogP contribution in [0.4, 0.5) is 0 Å². The van der Waals surface area contributed by atoms with Crippen LogP contribution in [0, 0.1) is 5.92 Å². The minimum Gasteiger partial charge on any atom is -0.431 e. The Kier molecular flexibility index (Phi) is 5.06. The van der Waals surface area contributed by atoms with Crippen molar-refractivity contribution in [3.05, 3.63) is 60.9 Å². The predicted molar refractivity (Wildman–Crippen MR) is 65.0 cm³/mol. The van der Waals surface area contributed by atoms with Crippen molar-refractivity contribution in [3.63, 3.8) is 0 Å². The van der Waals surface area contributed by atoms with Gasteiger partial charge in [0.15, 0.2) is 0 Å². The summed E-state index contributed by atoms with van der Waals surface area (Å²) in [6.45, 7) is 5.73. The van der Waals surface area contributed by atoms with Gasteiger partial charge in [-0.3, -0.25) is 0 Å². The van der Waals surface area contributed by atoms with Gasteiger partial charge in [-0.2, -0.15) is 0 Å². The molecule has 1 aromatic carbocycles. The van der Waals surface area contributed by atoms with E-state index in [1.807, 2.05) is 18.2 Å². The molecule has 0 aliphatic heterocycles. The Hall–Kier alpha value is -1.83. The molecule has 0 fully saturated rings. The van der Waals surface area contributed by atoms with Crippen LogP contribution in [-0.2, 0) is 4.74 Å². The summed E-state index contributed by atoms with van der Waals surface area (Å²) in [4.78, 5) is 11.5. The molecular weight excluding hydrogens is 200 g/mol. The predicted octanol–water partition coefficient (Wildman–Crippen LogP) is 3.57. The lowest BCUT2D eigenvalue weighted by molar-refractivity contribution is 0.0662. The molecule has 0 aromatic heterocycles. The van der Waals surface area contributed by atoms with Gasteiger partial charge in [0.05, 0.1) is 11.8 Å². The van der Waals surface area contributed by atoms with E-state index in [4.69, 9.17) is 4.74 Å². The van der Waals surface area contributed by atoms with Crippen LogP contribution in [-0.4, -0.2) is 5.97 Å². The molecule has 1 atom stereocenters. The second-order valence-corrected chi connectivity index (χ2v) is 3.59. The van der Waals surface area contributed by atoms with Crippen LogP contribution in [0.5, 0.6) is 0 Å². The summed E-state index contributed by atoms with van der Waals surface area (Å²) < 4.78 is 4.97. The number of hydrogen-bond donors (Lipinski definition) is 0. The van der Waals surface area contributed by atoms with E-state index in [2.05, 4.69) is 13.5 Å². The van der Waals surface area contributed by atoms with Gasteiger partial charge in [-0.05, 0) is 30.5 Å². The van der Waals surface area contributed by atoms with Gasteiger partial charge in [0.25, 0.3) is 0 Å². The van der Waals surface area contributed by atoms with Crippen LogP contribution >= 0.6 is 0 Å². The topological polar surface area (TPSA) is 26.3 Å². The summed E-state index contributed by atoms with van der Waals surface area (Å²) in [7, 11) is 0. The molecule has 0 saturated heterocycles. The Morgan fingerprint density at radius 3 is 2.75 bits per heavy atom.